The first-order valence-corrected chi connectivity index (χ1v) is 5.03. The Morgan fingerprint density at radius 3 is 2.69 bits per heavy atom. The van der Waals surface area contributed by atoms with Crippen LogP contribution in [-0.2, 0) is 9.53 Å². The molecule has 1 fully saturated rings. The molecule has 0 aromatic heterocycles. The second-order valence-corrected chi connectivity index (χ2v) is 3.65. The molecule has 0 heterocycles. The van der Waals surface area contributed by atoms with Crippen LogP contribution in [0.5, 0.6) is 0 Å². The molecule has 3 atom stereocenters. The highest BCUT2D eigenvalue weighted by Gasteiger charge is 2.37. The maximum atomic E-state index is 11.4. The van der Waals surface area contributed by atoms with Gasteiger partial charge in [0.25, 0.3) is 0 Å². The lowest BCUT2D eigenvalue weighted by Crippen LogP contribution is -2.21. The molecule has 0 amide bonds. The van der Waals surface area contributed by atoms with Crippen molar-refractivity contribution in [1.82, 2.24) is 0 Å². The minimum absolute atomic E-state index is 0.0695. The van der Waals surface area contributed by atoms with Crippen molar-refractivity contribution in [2.75, 3.05) is 6.61 Å². The van der Waals surface area contributed by atoms with Crippen molar-refractivity contribution in [1.29, 1.82) is 0 Å². The third kappa shape index (κ3) is 2.44. The zero-order valence-corrected chi connectivity index (χ0v) is 8.32. The predicted molar refractivity (Wildman–Crippen MR) is 49.1 cm³/mol. The summed E-state index contributed by atoms with van der Waals surface area (Å²) < 4.78 is 4.96. The molecule has 76 valence electrons. The van der Waals surface area contributed by atoms with Crippen LogP contribution < -0.4 is 0 Å². The average Bonchev–Trinajstić information content (AvgIpc) is 2.47. The first-order valence-electron chi connectivity index (χ1n) is 5.03. The van der Waals surface area contributed by atoms with Gasteiger partial charge in [0, 0.05) is 0 Å². The Kier molecular flexibility index (Phi) is 3.72. The maximum Gasteiger partial charge on any atom is 0.309 e. The van der Waals surface area contributed by atoms with E-state index in [1.54, 1.807) is 0 Å². The fraction of sp³-hybridized carbons (Fsp3) is 0.900. The summed E-state index contributed by atoms with van der Waals surface area (Å²) in [7, 11) is 0. The quantitative estimate of drug-likeness (QED) is 0.677. The van der Waals surface area contributed by atoms with E-state index in [0.29, 0.717) is 18.9 Å². The van der Waals surface area contributed by atoms with Crippen LogP contribution in [0, 0.1) is 11.8 Å². The molecule has 3 nitrogen and oxygen atoms in total. The van der Waals surface area contributed by atoms with E-state index < -0.39 is 0 Å². The number of rotatable bonds is 3. The monoisotopic (exact) mass is 186 g/mol. The van der Waals surface area contributed by atoms with E-state index in [1.165, 1.54) is 0 Å². The van der Waals surface area contributed by atoms with Gasteiger partial charge in [-0.2, -0.15) is 0 Å². The number of esters is 1. The van der Waals surface area contributed by atoms with Crippen molar-refractivity contribution in [3.8, 4) is 0 Å². The van der Waals surface area contributed by atoms with E-state index in [-0.39, 0.29) is 18.0 Å². The zero-order chi connectivity index (χ0) is 9.84. The molecule has 0 saturated heterocycles. The van der Waals surface area contributed by atoms with Gasteiger partial charge >= 0.3 is 5.97 Å². The van der Waals surface area contributed by atoms with E-state index >= 15 is 0 Å². The van der Waals surface area contributed by atoms with Crippen LogP contribution in [0.4, 0.5) is 0 Å². The minimum Gasteiger partial charge on any atom is -0.466 e. The Labute approximate surface area is 79.1 Å². The number of ether oxygens (including phenoxy) is 1. The molecule has 0 spiro atoms. The predicted octanol–water partition coefficient (Wildman–Crippen LogP) is 1.35. The van der Waals surface area contributed by atoms with Crippen LogP contribution in [0.2, 0.25) is 0 Å². The van der Waals surface area contributed by atoms with Crippen LogP contribution in [0.15, 0.2) is 0 Å². The highest BCUT2D eigenvalue weighted by molar-refractivity contribution is 5.73. The molecule has 0 aromatic carbocycles. The molecule has 0 aromatic rings. The summed E-state index contributed by atoms with van der Waals surface area (Å²) in [5, 5.41) is 9.41. The Morgan fingerprint density at radius 2 is 2.15 bits per heavy atom. The van der Waals surface area contributed by atoms with E-state index in [9.17, 15) is 9.90 Å². The smallest absolute Gasteiger partial charge is 0.309 e. The Hall–Kier alpha value is -0.570. The lowest BCUT2D eigenvalue weighted by molar-refractivity contribution is -0.149. The molecule has 1 saturated carbocycles. The number of aliphatic hydroxyl groups is 1. The highest BCUT2D eigenvalue weighted by Crippen LogP contribution is 2.34. The first-order chi connectivity index (χ1) is 6.19. The number of carbonyl (C=O) groups excluding carboxylic acids is 1. The van der Waals surface area contributed by atoms with Crippen LogP contribution in [0.3, 0.4) is 0 Å². The number of hydrogen-bond acceptors (Lipinski definition) is 3. The highest BCUT2D eigenvalue weighted by atomic mass is 16.5. The van der Waals surface area contributed by atoms with E-state index in [2.05, 4.69) is 6.92 Å². The van der Waals surface area contributed by atoms with E-state index in [4.69, 9.17) is 4.74 Å². The van der Waals surface area contributed by atoms with Crippen molar-refractivity contribution >= 4 is 5.97 Å². The Morgan fingerprint density at radius 1 is 1.46 bits per heavy atom. The number of hydrogen-bond donors (Lipinski definition) is 1. The molecule has 0 unspecified atom stereocenters. The van der Waals surface area contributed by atoms with Gasteiger partial charge in [0.2, 0.25) is 0 Å². The van der Waals surface area contributed by atoms with Gasteiger partial charge in [-0.15, -0.1) is 0 Å². The summed E-state index contributed by atoms with van der Waals surface area (Å²) in [5.41, 5.74) is 0. The lowest BCUT2D eigenvalue weighted by atomic mass is 9.94. The summed E-state index contributed by atoms with van der Waals surface area (Å²) in [6.45, 7) is 4.29. The van der Waals surface area contributed by atoms with Gasteiger partial charge in [-0.3, -0.25) is 4.79 Å². The molecule has 0 radical (unpaired) electrons. The SMILES string of the molecule is CCOC(=O)[C@H]1C[C@@H](O)C[C@H]1CC. The van der Waals surface area contributed by atoms with Gasteiger partial charge in [0.05, 0.1) is 18.6 Å². The molecule has 1 aliphatic carbocycles. The molecule has 0 aliphatic heterocycles. The summed E-state index contributed by atoms with van der Waals surface area (Å²) in [6.07, 6.45) is 1.97. The molecular formula is C10H18O3. The van der Waals surface area contributed by atoms with Gasteiger partial charge in [0.1, 0.15) is 0 Å². The fourth-order valence-corrected chi connectivity index (χ4v) is 2.08. The largest absolute Gasteiger partial charge is 0.466 e. The van der Waals surface area contributed by atoms with Gasteiger partial charge in [0.15, 0.2) is 0 Å². The third-order valence-corrected chi connectivity index (χ3v) is 2.78. The van der Waals surface area contributed by atoms with Crippen LogP contribution in [0.1, 0.15) is 33.1 Å². The molecular weight excluding hydrogens is 168 g/mol. The summed E-state index contributed by atoms with van der Waals surface area (Å²) in [5.74, 6) is 0.111. The number of aliphatic hydroxyl groups excluding tert-OH is 1. The summed E-state index contributed by atoms with van der Waals surface area (Å²) in [4.78, 5) is 11.4. The van der Waals surface area contributed by atoms with Crippen molar-refractivity contribution < 1.29 is 14.6 Å². The molecule has 13 heavy (non-hydrogen) atoms. The molecule has 3 heteroatoms. The van der Waals surface area contributed by atoms with Crippen LogP contribution in [-0.4, -0.2) is 23.8 Å². The molecule has 1 rings (SSSR count). The van der Waals surface area contributed by atoms with E-state index in [1.807, 2.05) is 6.92 Å². The second kappa shape index (κ2) is 4.61. The summed E-state index contributed by atoms with van der Waals surface area (Å²) in [6, 6.07) is 0. The fourth-order valence-electron chi connectivity index (χ4n) is 2.08. The van der Waals surface area contributed by atoms with Crippen molar-refractivity contribution in [2.45, 2.75) is 39.2 Å². The summed E-state index contributed by atoms with van der Waals surface area (Å²) >= 11 is 0. The van der Waals surface area contributed by atoms with Gasteiger partial charge in [-0.1, -0.05) is 13.3 Å². The standard InChI is InChI=1S/C10H18O3/c1-3-7-5-8(11)6-9(7)10(12)13-4-2/h7-9,11H,3-6H2,1-2H3/t7-,8+,9+/m1/s1. The van der Waals surface area contributed by atoms with Crippen molar-refractivity contribution in [3.05, 3.63) is 0 Å². The molecule has 1 N–H and O–H groups in total. The van der Waals surface area contributed by atoms with Gasteiger partial charge in [-0.25, -0.2) is 0 Å². The zero-order valence-electron chi connectivity index (χ0n) is 8.32. The second-order valence-electron chi connectivity index (χ2n) is 3.65. The topological polar surface area (TPSA) is 46.5 Å². The Bertz CT molecular complexity index is 179. The lowest BCUT2D eigenvalue weighted by Gasteiger charge is -2.15. The maximum absolute atomic E-state index is 11.4. The average molecular weight is 186 g/mol. The van der Waals surface area contributed by atoms with Crippen molar-refractivity contribution in [3.63, 3.8) is 0 Å². The van der Waals surface area contributed by atoms with Crippen molar-refractivity contribution in [2.24, 2.45) is 11.8 Å². The molecule has 1 aliphatic rings. The van der Waals surface area contributed by atoms with Gasteiger partial charge < -0.3 is 9.84 Å². The van der Waals surface area contributed by atoms with E-state index in [0.717, 1.165) is 12.8 Å². The van der Waals surface area contributed by atoms with Gasteiger partial charge in [-0.05, 0) is 25.7 Å². The normalized spacial score (nSPS) is 33.3. The molecule has 0 bridgehead atoms. The Balaban J connectivity index is 2.52. The van der Waals surface area contributed by atoms with Crippen LogP contribution >= 0.6 is 0 Å². The van der Waals surface area contributed by atoms with Crippen LogP contribution in [0.25, 0.3) is 0 Å². The minimum atomic E-state index is -0.306. The third-order valence-electron chi connectivity index (χ3n) is 2.78. The number of carbonyl (C=O) groups is 1. The first kappa shape index (κ1) is 10.5.